The minimum Gasteiger partial charge on any atom is -0.310 e. The molecule has 0 fully saturated rings. The van der Waals surface area contributed by atoms with Gasteiger partial charge in [0.1, 0.15) is 0 Å². The molecule has 2 aliphatic heterocycles. The molecule has 0 saturated carbocycles. The topological polar surface area (TPSA) is 13.1 Å². The zero-order chi connectivity index (χ0) is 49.8. The summed E-state index contributed by atoms with van der Waals surface area (Å²) in [6.45, 7) is -0.166. The summed E-state index contributed by atoms with van der Waals surface area (Å²) in [5, 5.41) is 4.93. The predicted molar refractivity (Wildman–Crippen MR) is 322 cm³/mol. The van der Waals surface area contributed by atoms with Gasteiger partial charge in [0.15, 0.2) is 0 Å². The molecule has 0 saturated heterocycles. The number of nitrogens with zero attached hydrogens (tertiary/aromatic N) is 3. The zero-order valence-corrected chi connectivity index (χ0v) is 41.5. The van der Waals surface area contributed by atoms with E-state index in [0.29, 0.717) is 0 Å². The van der Waals surface area contributed by atoms with Crippen molar-refractivity contribution in [3.05, 3.63) is 279 Å². The van der Waals surface area contributed by atoms with Crippen molar-refractivity contribution in [1.29, 1.82) is 0 Å². The van der Waals surface area contributed by atoms with E-state index >= 15 is 0 Å². The molecule has 76 heavy (non-hydrogen) atoms. The summed E-state index contributed by atoms with van der Waals surface area (Å²) in [6, 6.07) is 104. The lowest BCUT2D eigenvalue weighted by Crippen LogP contribution is -2.61. The number of hydrogen-bond acceptors (Lipinski definition) is 1. The molecule has 4 heterocycles. The smallest absolute Gasteiger partial charge is 0.253 e. The molecule has 0 unspecified atom stereocenters. The van der Waals surface area contributed by atoms with Crippen LogP contribution in [0, 0.1) is 0 Å². The molecule has 3 nitrogen and oxygen atoms in total. The average Bonchev–Trinajstić information content (AvgIpc) is 4.19. The summed E-state index contributed by atoms with van der Waals surface area (Å²) in [4.78, 5) is 2.67. The Morgan fingerprint density at radius 2 is 0.776 bits per heavy atom. The Labute approximate surface area is 441 Å². The number of aromatic nitrogens is 2. The van der Waals surface area contributed by atoms with Crippen LogP contribution in [-0.2, 0) is 0 Å². The molecule has 0 aliphatic carbocycles. The fourth-order valence-corrected chi connectivity index (χ4v) is 13.1. The van der Waals surface area contributed by atoms with E-state index < -0.39 is 0 Å². The molecule has 0 amide bonds. The summed E-state index contributed by atoms with van der Waals surface area (Å²) < 4.78 is 5.13. The Hall–Kier alpha value is -9.90. The molecule has 352 valence electrons. The molecular formula is C72H46BN3. The number of benzene rings is 12. The van der Waals surface area contributed by atoms with Crippen LogP contribution in [0.2, 0.25) is 0 Å². The number of hydrogen-bond donors (Lipinski definition) is 0. The van der Waals surface area contributed by atoms with Crippen molar-refractivity contribution in [1.82, 2.24) is 9.13 Å². The molecular weight excluding hydrogens is 918 g/mol. The van der Waals surface area contributed by atoms with Crippen LogP contribution in [0.5, 0.6) is 0 Å². The molecule has 2 aliphatic rings. The Balaban J connectivity index is 1.14. The number of rotatable bonds is 7. The molecule has 2 aromatic heterocycles. The van der Waals surface area contributed by atoms with E-state index in [0.717, 1.165) is 22.5 Å². The highest BCUT2D eigenvalue weighted by Gasteiger charge is 2.45. The molecule has 0 N–H and O–H groups in total. The van der Waals surface area contributed by atoms with Crippen molar-refractivity contribution in [3.8, 4) is 67.0 Å². The highest BCUT2D eigenvalue weighted by atomic mass is 15.2. The maximum Gasteiger partial charge on any atom is 0.253 e. The zero-order valence-electron chi connectivity index (χ0n) is 41.5. The van der Waals surface area contributed by atoms with Crippen LogP contribution in [0.4, 0.5) is 17.1 Å². The Kier molecular flexibility index (Phi) is 9.43. The standard InChI is InChI=1S/C72H46BN3/c1-7-22-47(23-8-1)52-38-39-59-60-41-40-55(49-26-11-3-12-27-49)69-72(60)75(64(59)42-52)67-43-53(48-24-9-2-10-25-48)44-68-70(67)73(69)62-46-65-61(58-34-19-20-37-63(58)74(65)54-32-17-6-18-33-54)45-66(62)76(68)71-56(50-28-13-4-14-29-50)35-21-36-57(71)51-30-15-5-16-31-51/h1-46H. The fourth-order valence-electron chi connectivity index (χ4n) is 13.1. The lowest BCUT2D eigenvalue weighted by Gasteiger charge is -2.42. The Morgan fingerprint density at radius 1 is 0.263 bits per heavy atom. The monoisotopic (exact) mass is 963 g/mol. The third-order valence-corrected chi connectivity index (χ3v) is 16.3. The van der Waals surface area contributed by atoms with Gasteiger partial charge >= 0.3 is 0 Å². The van der Waals surface area contributed by atoms with Crippen LogP contribution in [0.3, 0.4) is 0 Å². The van der Waals surface area contributed by atoms with Crippen molar-refractivity contribution in [3.63, 3.8) is 0 Å². The predicted octanol–water partition coefficient (Wildman–Crippen LogP) is 16.8. The summed E-state index contributed by atoms with van der Waals surface area (Å²) in [5.41, 5.74) is 26.4. The van der Waals surface area contributed by atoms with Gasteiger partial charge < -0.3 is 14.0 Å². The second-order valence-corrected chi connectivity index (χ2v) is 20.3. The lowest BCUT2D eigenvalue weighted by atomic mass is 9.33. The maximum atomic E-state index is 2.67. The lowest BCUT2D eigenvalue weighted by molar-refractivity contribution is 1.17. The normalized spacial score (nSPS) is 12.4. The van der Waals surface area contributed by atoms with E-state index in [1.54, 1.807) is 0 Å². The van der Waals surface area contributed by atoms with E-state index in [4.69, 9.17) is 0 Å². The summed E-state index contributed by atoms with van der Waals surface area (Å²) >= 11 is 0. The molecule has 0 radical (unpaired) electrons. The van der Waals surface area contributed by atoms with E-state index in [1.165, 1.54) is 122 Å². The number of fused-ring (bicyclic) bond motifs is 10. The first-order valence-electron chi connectivity index (χ1n) is 26.4. The first-order valence-corrected chi connectivity index (χ1v) is 26.4. The molecule has 0 atom stereocenters. The first-order chi connectivity index (χ1) is 37.7. The van der Waals surface area contributed by atoms with Crippen molar-refractivity contribution < 1.29 is 0 Å². The minimum absolute atomic E-state index is 0.166. The van der Waals surface area contributed by atoms with E-state index in [1.807, 2.05) is 0 Å². The first kappa shape index (κ1) is 42.6. The number of para-hydroxylation sites is 3. The van der Waals surface area contributed by atoms with Crippen LogP contribution in [0.15, 0.2) is 279 Å². The highest BCUT2D eigenvalue weighted by molar-refractivity contribution is 7.01. The van der Waals surface area contributed by atoms with Gasteiger partial charge in [0, 0.05) is 60.9 Å². The highest BCUT2D eigenvalue weighted by Crippen LogP contribution is 2.51. The van der Waals surface area contributed by atoms with Gasteiger partial charge in [-0.1, -0.05) is 231 Å². The van der Waals surface area contributed by atoms with Crippen molar-refractivity contribution >= 4 is 83.8 Å². The summed E-state index contributed by atoms with van der Waals surface area (Å²) in [6.07, 6.45) is 0. The van der Waals surface area contributed by atoms with E-state index in [2.05, 4.69) is 293 Å². The van der Waals surface area contributed by atoms with Gasteiger partial charge in [-0.25, -0.2) is 0 Å². The van der Waals surface area contributed by atoms with E-state index in [9.17, 15) is 0 Å². The molecule has 4 heteroatoms. The molecule has 0 spiro atoms. The van der Waals surface area contributed by atoms with Crippen molar-refractivity contribution in [2.24, 2.45) is 0 Å². The largest absolute Gasteiger partial charge is 0.310 e. The average molecular weight is 964 g/mol. The summed E-state index contributed by atoms with van der Waals surface area (Å²) in [7, 11) is 0. The van der Waals surface area contributed by atoms with Gasteiger partial charge in [-0.05, 0) is 109 Å². The fraction of sp³-hybridized carbons (Fsp3) is 0. The second-order valence-electron chi connectivity index (χ2n) is 20.3. The van der Waals surface area contributed by atoms with Crippen LogP contribution in [0.1, 0.15) is 0 Å². The number of anilines is 3. The maximum absolute atomic E-state index is 2.67. The van der Waals surface area contributed by atoms with Crippen molar-refractivity contribution in [2.75, 3.05) is 4.90 Å². The van der Waals surface area contributed by atoms with E-state index in [-0.39, 0.29) is 6.71 Å². The Morgan fingerprint density at radius 3 is 1.42 bits per heavy atom. The third-order valence-electron chi connectivity index (χ3n) is 16.3. The van der Waals surface area contributed by atoms with Gasteiger partial charge in [-0.15, -0.1) is 0 Å². The Bertz CT molecular complexity index is 4550. The second kappa shape index (κ2) is 16.8. The van der Waals surface area contributed by atoms with Crippen LogP contribution in [-0.4, -0.2) is 15.8 Å². The van der Waals surface area contributed by atoms with Crippen molar-refractivity contribution in [2.45, 2.75) is 0 Å². The van der Waals surface area contributed by atoms with Crippen LogP contribution in [0.25, 0.3) is 111 Å². The molecule has 12 aromatic carbocycles. The van der Waals surface area contributed by atoms with Crippen LogP contribution < -0.4 is 21.3 Å². The third kappa shape index (κ3) is 6.31. The minimum atomic E-state index is -0.166. The SMILES string of the molecule is c1ccc(-c2cc3c4c(c2)-n2c5cc(-c6ccccc6)ccc5c5ccc(-c6ccccc6)c(c52)B4c2cc4c(cc2N3c2c(-c3ccccc3)cccc2-c2ccccc2)c2ccccc2n4-c2ccccc2)cc1. The van der Waals surface area contributed by atoms with Gasteiger partial charge in [0.05, 0.1) is 22.2 Å². The van der Waals surface area contributed by atoms with Gasteiger partial charge in [0.25, 0.3) is 6.71 Å². The van der Waals surface area contributed by atoms with Crippen LogP contribution >= 0.6 is 0 Å². The quantitative estimate of drug-likeness (QED) is 0.145. The molecule has 16 rings (SSSR count). The van der Waals surface area contributed by atoms with Gasteiger partial charge in [-0.3, -0.25) is 0 Å². The summed E-state index contributed by atoms with van der Waals surface area (Å²) in [5.74, 6) is 0. The van der Waals surface area contributed by atoms with Gasteiger partial charge in [0.2, 0.25) is 0 Å². The molecule has 0 bridgehead atoms. The molecule has 14 aromatic rings. The van der Waals surface area contributed by atoms with Gasteiger partial charge in [-0.2, -0.15) is 0 Å².